The maximum Gasteiger partial charge on any atom is 0.416 e. The number of aliphatic imine (C=N–C) groups is 1. The molecule has 0 amide bonds. The van der Waals surface area contributed by atoms with Crippen molar-refractivity contribution in [2.45, 2.75) is 35.9 Å². The number of pyridine rings is 1. The predicted molar refractivity (Wildman–Crippen MR) is 153 cm³/mol. The highest BCUT2D eigenvalue weighted by atomic mass is 32.2. The maximum absolute atomic E-state index is 15.5. The first kappa shape index (κ1) is 30.2. The molecule has 1 fully saturated rings. The largest absolute Gasteiger partial charge is 0.416 e. The predicted octanol–water partition coefficient (Wildman–Crippen LogP) is 5.78. The molecule has 4 aromatic rings. The van der Waals surface area contributed by atoms with E-state index < -0.39 is 57.3 Å². The SMILES string of the molecule is N=CC(C=NC1CCNCC1)c1cnc2[nH]cc(C(=O)c3c(F)ccc(NS(=O)c4ccc(C(F)(F)F)cc4)c3F)c2c1. The van der Waals surface area contributed by atoms with E-state index in [0.29, 0.717) is 5.56 Å². The van der Waals surface area contributed by atoms with E-state index in [2.05, 4.69) is 25.0 Å². The summed E-state index contributed by atoms with van der Waals surface area (Å²) in [6, 6.07) is 6.89. The van der Waals surface area contributed by atoms with Gasteiger partial charge in [-0.25, -0.2) is 18.0 Å². The quantitative estimate of drug-likeness (QED) is 0.108. The molecule has 0 saturated carbocycles. The van der Waals surface area contributed by atoms with Gasteiger partial charge < -0.3 is 15.7 Å². The first-order valence-electron chi connectivity index (χ1n) is 13.2. The van der Waals surface area contributed by atoms with Gasteiger partial charge in [0.1, 0.15) is 22.5 Å². The van der Waals surface area contributed by atoms with Crippen LogP contribution < -0.4 is 10.0 Å². The van der Waals surface area contributed by atoms with Crippen LogP contribution in [0.4, 0.5) is 27.6 Å². The van der Waals surface area contributed by atoms with Crippen LogP contribution in [0, 0.1) is 17.0 Å². The summed E-state index contributed by atoms with van der Waals surface area (Å²) >= 11 is 0. The molecule has 2 unspecified atom stereocenters. The Morgan fingerprint density at radius 3 is 2.53 bits per heavy atom. The summed E-state index contributed by atoms with van der Waals surface area (Å²) in [5.74, 6) is -4.04. The average molecular weight is 617 g/mol. The van der Waals surface area contributed by atoms with E-state index in [9.17, 15) is 26.6 Å². The Morgan fingerprint density at radius 2 is 1.86 bits per heavy atom. The van der Waals surface area contributed by atoms with Crippen LogP contribution in [0.3, 0.4) is 0 Å². The van der Waals surface area contributed by atoms with E-state index in [0.717, 1.165) is 62.3 Å². The van der Waals surface area contributed by atoms with Gasteiger partial charge in [0.05, 0.1) is 33.7 Å². The molecule has 8 nitrogen and oxygen atoms in total. The van der Waals surface area contributed by atoms with Crippen molar-refractivity contribution in [1.82, 2.24) is 15.3 Å². The molecule has 1 aliphatic heterocycles. The summed E-state index contributed by atoms with van der Waals surface area (Å²) in [5, 5.41) is 11.4. The van der Waals surface area contributed by atoms with Crippen molar-refractivity contribution < 1.29 is 31.0 Å². The minimum Gasteiger partial charge on any atom is -0.345 e. The number of halogens is 5. The fourth-order valence-electron chi connectivity index (χ4n) is 4.69. The van der Waals surface area contributed by atoms with Crippen molar-refractivity contribution >= 4 is 45.9 Å². The van der Waals surface area contributed by atoms with Crippen molar-refractivity contribution in [1.29, 1.82) is 5.41 Å². The second kappa shape index (κ2) is 12.5. The van der Waals surface area contributed by atoms with Crippen LogP contribution >= 0.6 is 0 Å². The van der Waals surface area contributed by atoms with Crippen LogP contribution in [0.25, 0.3) is 11.0 Å². The summed E-state index contributed by atoms with van der Waals surface area (Å²) in [6.07, 6.45) is 2.80. The highest BCUT2D eigenvalue weighted by Gasteiger charge is 2.30. The van der Waals surface area contributed by atoms with E-state index in [1.807, 2.05) is 0 Å². The Labute approximate surface area is 244 Å². The number of rotatable bonds is 9. The standard InChI is InChI=1S/C29H25F5N6O2S/c30-23-5-6-24(40-43(42)20-3-1-18(2-4-20)29(32,33)34)26(31)25(23)27(41)22-15-39-28-21(22)11-16(13-38-28)17(12-35)14-37-19-7-9-36-10-8-19/h1-6,11-15,17,19,35-36,40H,7-10H2,(H,38,39). The number of alkyl halides is 3. The van der Waals surface area contributed by atoms with Gasteiger partial charge in [0.25, 0.3) is 0 Å². The zero-order valence-electron chi connectivity index (χ0n) is 22.3. The van der Waals surface area contributed by atoms with Crippen LogP contribution in [0.15, 0.2) is 64.7 Å². The third-order valence-corrected chi connectivity index (χ3v) is 8.15. The van der Waals surface area contributed by atoms with Crippen LogP contribution in [-0.2, 0) is 17.2 Å². The van der Waals surface area contributed by atoms with Gasteiger partial charge >= 0.3 is 6.18 Å². The van der Waals surface area contributed by atoms with Crippen LogP contribution in [-0.4, -0.2) is 51.5 Å². The molecule has 43 heavy (non-hydrogen) atoms. The fourth-order valence-corrected chi connectivity index (χ4v) is 5.54. The van der Waals surface area contributed by atoms with Crippen LogP contribution in [0.5, 0.6) is 0 Å². The lowest BCUT2D eigenvalue weighted by Gasteiger charge is -2.19. The first-order valence-corrected chi connectivity index (χ1v) is 14.3. The Balaban J connectivity index is 1.41. The minimum atomic E-state index is -4.59. The van der Waals surface area contributed by atoms with Crippen molar-refractivity contribution in [3.63, 3.8) is 0 Å². The summed E-state index contributed by atoms with van der Waals surface area (Å²) < 4.78 is 83.9. The van der Waals surface area contributed by atoms with Crippen molar-refractivity contribution in [2.24, 2.45) is 4.99 Å². The number of carbonyl (C=O) groups excluding carboxylic acids is 1. The third kappa shape index (κ3) is 6.54. The molecule has 0 bridgehead atoms. The summed E-state index contributed by atoms with van der Waals surface area (Å²) in [4.78, 5) is 25.1. The van der Waals surface area contributed by atoms with Gasteiger partial charge in [0.15, 0.2) is 5.82 Å². The Bertz CT molecular complexity index is 1720. The van der Waals surface area contributed by atoms with Gasteiger partial charge in [0, 0.05) is 35.8 Å². The normalized spacial score (nSPS) is 15.9. The van der Waals surface area contributed by atoms with Crippen molar-refractivity contribution in [3.8, 4) is 0 Å². The minimum absolute atomic E-state index is 0.0813. The van der Waals surface area contributed by atoms with E-state index in [-0.39, 0.29) is 27.5 Å². The summed E-state index contributed by atoms with van der Waals surface area (Å²) in [7, 11) is -2.22. The molecular weight excluding hydrogens is 591 g/mol. The number of hydrogen-bond donors (Lipinski definition) is 4. The molecule has 224 valence electrons. The van der Waals surface area contributed by atoms with Crippen molar-refractivity contribution in [2.75, 3.05) is 17.8 Å². The molecular formula is C29H25F5N6O2S. The number of H-pyrrole nitrogens is 1. The van der Waals surface area contributed by atoms with E-state index in [1.54, 1.807) is 12.3 Å². The van der Waals surface area contributed by atoms with Gasteiger partial charge in [-0.1, -0.05) is 0 Å². The molecule has 2 aromatic carbocycles. The Hall–Kier alpha value is -4.30. The smallest absolute Gasteiger partial charge is 0.345 e. The summed E-state index contributed by atoms with van der Waals surface area (Å²) in [5.41, 5.74) is -1.60. The number of nitrogens with zero attached hydrogens (tertiary/aromatic N) is 2. The number of piperidine rings is 1. The molecule has 2 aromatic heterocycles. The van der Waals surface area contributed by atoms with Crippen LogP contribution in [0.1, 0.15) is 45.8 Å². The lowest BCUT2D eigenvalue weighted by atomic mass is 9.98. The molecule has 0 spiro atoms. The van der Waals surface area contributed by atoms with E-state index >= 15 is 4.39 Å². The number of hydrogen-bond acceptors (Lipinski definition) is 6. The lowest BCUT2D eigenvalue weighted by molar-refractivity contribution is -0.137. The highest BCUT2D eigenvalue weighted by Crippen LogP contribution is 2.31. The van der Waals surface area contributed by atoms with Gasteiger partial charge in [-0.15, -0.1) is 0 Å². The van der Waals surface area contributed by atoms with Crippen LogP contribution in [0.2, 0.25) is 0 Å². The van der Waals surface area contributed by atoms with Gasteiger partial charge in [0.2, 0.25) is 5.78 Å². The number of benzene rings is 2. The second-order valence-electron chi connectivity index (χ2n) is 9.84. The number of ketones is 1. The summed E-state index contributed by atoms with van der Waals surface area (Å²) in [6.45, 7) is 1.71. The van der Waals surface area contributed by atoms with Gasteiger partial charge in [-0.05, 0) is 74.0 Å². The number of fused-ring (bicyclic) bond motifs is 1. The van der Waals surface area contributed by atoms with Gasteiger partial charge in [-0.2, -0.15) is 13.2 Å². The molecule has 4 N–H and O–H groups in total. The first-order chi connectivity index (χ1) is 20.6. The monoisotopic (exact) mass is 616 g/mol. The molecule has 1 aliphatic rings. The molecule has 5 rings (SSSR count). The molecule has 14 heteroatoms. The number of carbonyl (C=O) groups is 1. The molecule has 1 saturated heterocycles. The number of nitrogens with one attached hydrogen (secondary N) is 4. The molecule has 3 heterocycles. The fraction of sp³-hybridized carbons (Fsp3) is 0.241. The van der Waals surface area contributed by atoms with E-state index in [1.165, 1.54) is 18.6 Å². The Morgan fingerprint density at radius 1 is 1.14 bits per heavy atom. The zero-order chi connectivity index (χ0) is 30.7. The Kier molecular flexibility index (Phi) is 8.78. The average Bonchev–Trinajstić information content (AvgIpc) is 3.42. The number of aromatic nitrogens is 2. The highest BCUT2D eigenvalue weighted by molar-refractivity contribution is 7.86. The third-order valence-electron chi connectivity index (χ3n) is 7.04. The maximum atomic E-state index is 15.5. The molecule has 0 aliphatic carbocycles. The van der Waals surface area contributed by atoms with Gasteiger partial charge in [-0.3, -0.25) is 14.5 Å². The zero-order valence-corrected chi connectivity index (χ0v) is 23.2. The lowest BCUT2D eigenvalue weighted by Crippen LogP contribution is -2.30. The number of aromatic amines is 1. The van der Waals surface area contributed by atoms with E-state index in [4.69, 9.17) is 5.41 Å². The topological polar surface area (TPSA) is 123 Å². The second-order valence-corrected chi connectivity index (χ2v) is 11.1. The van der Waals surface area contributed by atoms with Crippen molar-refractivity contribution in [3.05, 3.63) is 88.7 Å². The molecule has 2 atom stereocenters. The molecule has 0 radical (unpaired) electrons. The number of anilines is 1.